The summed E-state index contributed by atoms with van der Waals surface area (Å²) in [5, 5.41) is 11.7. The number of carbonyl (C=O) groups is 2. The molecule has 1 aliphatic rings. The molecule has 1 amide bonds. The quantitative estimate of drug-likeness (QED) is 0.586. The van der Waals surface area contributed by atoms with Gasteiger partial charge in [0.25, 0.3) is 5.91 Å². The van der Waals surface area contributed by atoms with E-state index in [9.17, 15) is 9.59 Å². The minimum Gasteiger partial charge on any atom is -0.455 e. The maximum atomic E-state index is 11.9. The minimum atomic E-state index is -0.466. The largest absolute Gasteiger partial charge is 0.455 e. The van der Waals surface area contributed by atoms with Crippen LogP contribution < -0.4 is 5.32 Å². The van der Waals surface area contributed by atoms with Crippen LogP contribution in [0.5, 0.6) is 0 Å². The van der Waals surface area contributed by atoms with E-state index >= 15 is 0 Å². The number of halogens is 1. The van der Waals surface area contributed by atoms with E-state index in [1.165, 1.54) is 41.4 Å². The number of rotatable bonds is 6. The second-order valence-corrected chi connectivity index (χ2v) is 7.54. The van der Waals surface area contributed by atoms with Crippen LogP contribution in [0.3, 0.4) is 0 Å². The summed E-state index contributed by atoms with van der Waals surface area (Å²) in [7, 11) is 0. The van der Waals surface area contributed by atoms with Crippen molar-refractivity contribution in [1.29, 1.82) is 5.26 Å². The number of aryl methyl sites for hydroxylation is 2. The second-order valence-electron chi connectivity index (χ2n) is 6.09. The summed E-state index contributed by atoms with van der Waals surface area (Å²) in [6.07, 6.45) is 3.40. The fourth-order valence-corrected chi connectivity index (χ4v) is 3.83. The van der Waals surface area contributed by atoms with E-state index in [-0.39, 0.29) is 17.4 Å². The van der Waals surface area contributed by atoms with Gasteiger partial charge in [-0.3, -0.25) is 9.59 Å². The Morgan fingerprint density at radius 2 is 2.00 bits per heavy atom. The number of nitriles is 1. The molecule has 0 bridgehead atoms. The number of hydrogen-bond acceptors (Lipinski definition) is 5. The number of benzene rings is 2. The first kappa shape index (κ1) is 19.3. The number of carbonyl (C=O) groups excluding carboxylic acids is 2. The highest BCUT2D eigenvalue weighted by Gasteiger charge is 2.13. The number of thioether (sulfide) groups is 1. The van der Waals surface area contributed by atoms with Crippen molar-refractivity contribution in [3.63, 3.8) is 0 Å². The highest BCUT2D eigenvalue weighted by atomic mass is 35.5. The van der Waals surface area contributed by atoms with E-state index in [1.54, 1.807) is 6.07 Å². The van der Waals surface area contributed by atoms with Crippen LogP contribution in [0, 0.1) is 11.3 Å². The highest BCUT2D eigenvalue weighted by Crippen LogP contribution is 2.27. The van der Waals surface area contributed by atoms with Crippen LogP contribution >= 0.6 is 23.4 Å². The lowest BCUT2D eigenvalue weighted by atomic mass is 10.1. The summed E-state index contributed by atoms with van der Waals surface area (Å²) in [6.45, 7) is -0.374. The first-order valence-corrected chi connectivity index (χ1v) is 9.81. The summed E-state index contributed by atoms with van der Waals surface area (Å²) < 4.78 is 5.01. The minimum absolute atomic E-state index is 0.148. The fourth-order valence-electron chi connectivity index (χ4n) is 2.85. The van der Waals surface area contributed by atoms with Crippen molar-refractivity contribution in [3.05, 3.63) is 58.1 Å². The zero-order valence-corrected chi connectivity index (χ0v) is 16.0. The van der Waals surface area contributed by atoms with Gasteiger partial charge in [-0.15, -0.1) is 11.8 Å². The molecule has 3 rings (SSSR count). The number of amides is 1. The molecule has 1 N–H and O–H groups in total. The SMILES string of the molecule is N#Cc1ccc(NC(=O)COC(=O)CSc2ccc3c(c2)CCC3)cc1Cl. The average Bonchev–Trinajstić information content (AvgIpc) is 3.12. The fraction of sp³-hybridized carbons (Fsp3) is 0.250. The number of esters is 1. The van der Waals surface area contributed by atoms with Crippen molar-refractivity contribution in [2.45, 2.75) is 24.2 Å². The predicted molar refractivity (Wildman–Crippen MR) is 105 cm³/mol. The third kappa shape index (κ3) is 5.25. The van der Waals surface area contributed by atoms with Crippen molar-refractivity contribution in [1.82, 2.24) is 0 Å². The monoisotopic (exact) mass is 400 g/mol. The summed E-state index contributed by atoms with van der Waals surface area (Å²) in [5.74, 6) is -0.769. The highest BCUT2D eigenvalue weighted by molar-refractivity contribution is 8.00. The molecule has 0 heterocycles. The molecule has 0 atom stereocenters. The first-order chi connectivity index (χ1) is 13.0. The average molecular weight is 401 g/mol. The van der Waals surface area contributed by atoms with Gasteiger partial charge in [0.05, 0.1) is 16.3 Å². The number of anilines is 1. The van der Waals surface area contributed by atoms with E-state index in [0.29, 0.717) is 11.3 Å². The van der Waals surface area contributed by atoms with Crippen molar-refractivity contribution in [3.8, 4) is 6.07 Å². The Balaban J connectivity index is 1.43. The van der Waals surface area contributed by atoms with Crippen LogP contribution in [0.2, 0.25) is 5.02 Å². The third-order valence-electron chi connectivity index (χ3n) is 4.16. The molecule has 2 aromatic carbocycles. The van der Waals surface area contributed by atoms with Gasteiger partial charge in [-0.25, -0.2) is 0 Å². The number of nitrogens with zero attached hydrogens (tertiary/aromatic N) is 1. The van der Waals surface area contributed by atoms with Crippen LogP contribution in [0.25, 0.3) is 0 Å². The summed E-state index contributed by atoms with van der Waals surface area (Å²) >= 11 is 7.32. The Bertz CT molecular complexity index is 924. The molecule has 0 fully saturated rings. The van der Waals surface area contributed by atoms with Gasteiger partial charge in [-0.05, 0) is 60.7 Å². The Kier molecular flexibility index (Phi) is 6.38. The maximum Gasteiger partial charge on any atom is 0.316 e. The molecule has 2 aromatic rings. The van der Waals surface area contributed by atoms with Crippen LogP contribution in [-0.4, -0.2) is 24.2 Å². The van der Waals surface area contributed by atoms with Crippen LogP contribution in [-0.2, 0) is 27.2 Å². The molecule has 0 spiro atoms. The maximum absolute atomic E-state index is 11.9. The molecular weight excluding hydrogens is 384 g/mol. The van der Waals surface area contributed by atoms with E-state index in [2.05, 4.69) is 17.4 Å². The van der Waals surface area contributed by atoms with Crippen molar-refractivity contribution in [2.75, 3.05) is 17.7 Å². The molecule has 5 nitrogen and oxygen atoms in total. The molecule has 1 aliphatic carbocycles. The summed E-state index contributed by atoms with van der Waals surface area (Å²) in [5.41, 5.74) is 3.51. The topological polar surface area (TPSA) is 79.2 Å². The lowest BCUT2D eigenvalue weighted by Crippen LogP contribution is -2.21. The first-order valence-electron chi connectivity index (χ1n) is 8.45. The number of ether oxygens (including phenoxy) is 1. The Morgan fingerprint density at radius 3 is 2.78 bits per heavy atom. The summed E-state index contributed by atoms with van der Waals surface area (Å²) in [6, 6.07) is 12.8. The van der Waals surface area contributed by atoms with Gasteiger partial charge in [-0.2, -0.15) is 5.26 Å². The Morgan fingerprint density at radius 1 is 1.19 bits per heavy atom. The number of nitrogens with one attached hydrogen (secondary N) is 1. The second kappa shape index (κ2) is 8.94. The van der Waals surface area contributed by atoms with Gasteiger partial charge in [0, 0.05) is 10.6 Å². The molecule has 0 aliphatic heterocycles. The van der Waals surface area contributed by atoms with E-state index in [0.717, 1.165) is 17.7 Å². The molecule has 0 radical (unpaired) electrons. The van der Waals surface area contributed by atoms with Gasteiger partial charge in [0.2, 0.25) is 0 Å². The van der Waals surface area contributed by atoms with E-state index in [4.69, 9.17) is 21.6 Å². The van der Waals surface area contributed by atoms with Crippen molar-refractivity contribution < 1.29 is 14.3 Å². The van der Waals surface area contributed by atoms with Crippen LogP contribution in [0.15, 0.2) is 41.3 Å². The zero-order valence-electron chi connectivity index (χ0n) is 14.5. The van der Waals surface area contributed by atoms with Gasteiger partial charge in [-0.1, -0.05) is 17.7 Å². The Labute approximate surface area is 166 Å². The lowest BCUT2D eigenvalue weighted by molar-refractivity contribution is -0.144. The van der Waals surface area contributed by atoms with Crippen molar-refractivity contribution >= 4 is 40.9 Å². The van der Waals surface area contributed by atoms with Crippen molar-refractivity contribution in [2.24, 2.45) is 0 Å². The molecular formula is C20H17ClN2O3S. The molecule has 0 saturated heterocycles. The van der Waals surface area contributed by atoms with E-state index in [1.807, 2.05) is 12.1 Å². The normalized spacial score (nSPS) is 12.1. The molecule has 138 valence electrons. The zero-order chi connectivity index (χ0) is 19.2. The summed E-state index contributed by atoms with van der Waals surface area (Å²) in [4.78, 5) is 24.8. The molecule has 0 saturated carbocycles. The number of hydrogen-bond donors (Lipinski definition) is 1. The molecule has 0 unspecified atom stereocenters. The van der Waals surface area contributed by atoms with Gasteiger partial charge >= 0.3 is 5.97 Å². The lowest BCUT2D eigenvalue weighted by Gasteiger charge is -2.08. The van der Waals surface area contributed by atoms with Gasteiger partial charge < -0.3 is 10.1 Å². The smallest absolute Gasteiger partial charge is 0.316 e. The van der Waals surface area contributed by atoms with Gasteiger partial charge in [0.1, 0.15) is 6.07 Å². The van der Waals surface area contributed by atoms with Gasteiger partial charge in [0.15, 0.2) is 6.61 Å². The molecule has 27 heavy (non-hydrogen) atoms. The molecule has 0 aromatic heterocycles. The standard InChI is InChI=1S/C20H17ClN2O3S/c21-18-9-16(6-4-15(18)10-22)23-19(24)11-26-20(25)12-27-17-7-5-13-2-1-3-14(13)8-17/h4-9H,1-3,11-12H2,(H,23,24). The van der Waals surface area contributed by atoms with Crippen LogP contribution in [0.1, 0.15) is 23.1 Å². The third-order valence-corrected chi connectivity index (χ3v) is 5.44. The van der Waals surface area contributed by atoms with E-state index < -0.39 is 11.9 Å². The predicted octanol–water partition coefficient (Wildman–Crippen LogP) is 3.97. The Hall–Kier alpha value is -2.49. The van der Waals surface area contributed by atoms with Crippen LogP contribution in [0.4, 0.5) is 5.69 Å². The number of fused-ring (bicyclic) bond motifs is 1. The molecule has 7 heteroatoms.